The number of nitrogens with zero attached hydrogens (tertiary/aromatic N) is 1. The van der Waals surface area contributed by atoms with E-state index in [2.05, 4.69) is 16.8 Å². The summed E-state index contributed by atoms with van der Waals surface area (Å²) in [5, 5.41) is 5.23. The molecule has 2 heterocycles. The fourth-order valence-electron chi connectivity index (χ4n) is 2.68. The quantitative estimate of drug-likeness (QED) is 0.840. The van der Waals surface area contributed by atoms with E-state index in [-0.39, 0.29) is 24.8 Å². The third kappa shape index (κ3) is 4.74. The molecule has 0 bridgehead atoms. The van der Waals surface area contributed by atoms with Gasteiger partial charge >= 0.3 is 0 Å². The van der Waals surface area contributed by atoms with E-state index in [0.717, 1.165) is 13.0 Å². The number of carbonyl (C=O) groups excluding carboxylic acids is 2. The van der Waals surface area contributed by atoms with Gasteiger partial charge in [0.15, 0.2) is 6.61 Å². The molecule has 7 heteroatoms. The number of carbonyl (C=O) groups is 2. The van der Waals surface area contributed by atoms with Gasteiger partial charge in [0.05, 0.1) is 5.02 Å². The van der Waals surface area contributed by atoms with Gasteiger partial charge in [-0.05, 0) is 35.6 Å². The normalized spacial score (nSPS) is 13.2. The number of hydrogen-bond acceptors (Lipinski definition) is 4. The van der Waals surface area contributed by atoms with Crippen molar-refractivity contribution >= 4 is 34.8 Å². The minimum absolute atomic E-state index is 0.0594. The first kappa shape index (κ1) is 17.8. The zero-order valence-electron chi connectivity index (χ0n) is 13.7. The molecule has 25 heavy (non-hydrogen) atoms. The Balaban J connectivity index is 1.37. The van der Waals surface area contributed by atoms with Gasteiger partial charge in [-0.15, -0.1) is 11.3 Å². The average Bonchev–Trinajstić information content (AvgIpc) is 3.08. The smallest absolute Gasteiger partial charge is 0.257 e. The molecule has 0 unspecified atom stereocenters. The van der Waals surface area contributed by atoms with Crippen LogP contribution in [0.4, 0.5) is 0 Å². The van der Waals surface area contributed by atoms with Crippen molar-refractivity contribution in [2.24, 2.45) is 0 Å². The molecule has 3 rings (SSSR count). The van der Waals surface area contributed by atoms with E-state index in [1.54, 1.807) is 35.6 Å². The average molecular weight is 379 g/mol. The first-order chi connectivity index (χ1) is 12.1. The van der Waals surface area contributed by atoms with Crippen LogP contribution in [0.5, 0.6) is 5.75 Å². The molecule has 2 amide bonds. The Morgan fingerprint density at radius 3 is 2.96 bits per heavy atom. The van der Waals surface area contributed by atoms with Gasteiger partial charge in [-0.1, -0.05) is 23.7 Å². The predicted molar refractivity (Wildman–Crippen MR) is 98.0 cm³/mol. The second-order valence-electron chi connectivity index (χ2n) is 5.75. The highest BCUT2D eigenvalue weighted by Crippen LogP contribution is 2.24. The summed E-state index contributed by atoms with van der Waals surface area (Å²) in [7, 11) is 0. The Morgan fingerprint density at radius 2 is 2.12 bits per heavy atom. The summed E-state index contributed by atoms with van der Waals surface area (Å²) in [5.74, 6) is 0.255. The molecule has 0 radical (unpaired) electrons. The van der Waals surface area contributed by atoms with Gasteiger partial charge in [0.25, 0.3) is 5.91 Å². The number of ether oxygens (including phenoxy) is 1. The van der Waals surface area contributed by atoms with Crippen molar-refractivity contribution in [1.29, 1.82) is 0 Å². The van der Waals surface area contributed by atoms with Gasteiger partial charge in [0.2, 0.25) is 5.91 Å². The number of fused-ring (bicyclic) bond motifs is 1. The van der Waals surface area contributed by atoms with Crippen LogP contribution in [0, 0.1) is 0 Å². The zero-order valence-corrected chi connectivity index (χ0v) is 15.2. The maximum atomic E-state index is 12.3. The van der Waals surface area contributed by atoms with Crippen molar-refractivity contribution in [3.63, 3.8) is 0 Å². The lowest BCUT2D eigenvalue weighted by molar-refractivity contribution is -0.132. The first-order valence-electron chi connectivity index (χ1n) is 8.10. The minimum atomic E-state index is -0.272. The number of hydrogen-bond donors (Lipinski definition) is 1. The maximum Gasteiger partial charge on any atom is 0.257 e. The highest BCUT2D eigenvalue weighted by Gasteiger charge is 2.21. The maximum absolute atomic E-state index is 12.3. The largest absolute Gasteiger partial charge is 0.482 e. The molecule has 0 atom stereocenters. The molecule has 5 nitrogen and oxygen atoms in total. The van der Waals surface area contributed by atoms with Crippen LogP contribution in [0.2, 0.25) is 5.02 Å². The predicted octanol–water partition coefficient (Wildman–Crippen LogP) is 2.87. The van der Waals surface area contributed by atoms with Crippen molar-refractivity contribution < 1.29 is 14.3 Å². The van der Waals surface area contributed by atoms with Gasteiger partial charge in [0.1, 0.15) is 5.75 Å². The van der Waals surface area contributed by atoms with Crippen molar-refractivity contribution in [3.8, 4) is 5.75 Å². The Labute approximate surface area is 155 Å². The van der Waals surface area contributed by atoms with E-state index in [1.807, 2.05) is 4.90 Å². The summed E-state index contributed by atoms with van der Waals surface area (Å²) in [6.45, 7) is 1.59. The van der Waals surface area contributed by atoms with Crippen molar-refractivity contribution in [1.82, 2.24) is 10.2 Å². The summed E-state index contributed by atoms with van der Waals surface area (Å²) in [5.41, 5.74) is 1.24. The van der Waals surface area contributed by atoms with Crippen molar-refractivity contribution in [3.05, 3.63) is 51.2 Å². The molecule has 0 fully saturated rings. The van der Waals surface area contributed by atoms with Crippen LogP contribution < -0.4 is 10.1 Å². The van der Waals surface area contributed by atoms with E-state index in [0.29, 0.717) is 23.9 Å². The van der Waals surface area contributed by atoms with Gasteiger partial charge in [0, 0.05) is 30.9 Å². The van der Waals surface area contributed by atoms with Crippen LogP contribution in [0.15, 0.2) is 35.7 Å². The third-order valence-corrected chi connectivity index (χ3v) is 5.35. The van der Waals surface area contributed by atoms with Crippen molar-refractivity contribution in [2.75, 3.05) is 19.7 Å². The Bertz CT molecular complexity index is 762. The van der Waals surface area contributed by atoms with Crippen molar-refractivity contribution in [2.45, 2.75) is 19.4 Å². The van der Waals surface area contributed by atoms with E-state index in [1.165, 1.54) is 10.4 Å². The first-order valence-corrected chi connectivity index (χ1v) is 9.36. The van der Waals surface area contributed by atoms with Crippen LogP contribution in [0.3, 0.4) is 0 Å². The summed E-state index contributed by atoms with van der Waals surface area (Å²) >= 11 is 7.71. The molecular weight excluding hydrogens is 360 g/mol. The van der Waals surface area contributed by atoms with E-state index in [9.17, 15) is 9.59 Å². The molecule has 1 aromatic heterocycles. The molecule has 1 aliphatic heterocycles. The van der Waals surface area contributed by atoms with Gasteiger partial charge in [-0.25, -0.2) is 0 Å². The summed E-state index contributed by atoms with van der Waals surface area (Å²) in [6.07, 6.45) is 1.20. The molecule has 2 aromatic rings. The molecule has 0 spiro atoms. The second-order valence-corrected chi connectivity index (χ2v) is 7.16. The fourth-order valence-corrected chi connectivity index (χ4v) is 3.76. The number of benzene rings is 1. The van der Waals surface area contributed by atoms with E-state index in [4.69, 9.17) is 16.3 Å². The highest BCUT2D eigenvalue weighted by molar-refractivity contribution is 7.10. The van der Waals surface area contributed by atoms with Crippen LogP contribution in [-0.2, 0) is 22.6 Å². The van der Waals surface area contributed by atoms with Gasteiger partial charge < -0.3 is 15.0 Å². The lowest BCUT2D eigenvalue weighted by Gasteiger charge is -2.27. The molecule has 0 saturated carbocycles. The minimum Gasteiger partial charge on any atom is -0.482 e. The Morgan fingerprint density at radius 1 is 1.28 bits per heavy atom. The molecule has 0 aliphatic carbocycles. The summed E-state index contributed by atoms with van der Waals surface area (Å²) < 4.78 is 5.36. The zero-order chi connectivity index (χ0) is 17.6. The standard InChI is InChI=1S/C18H19ClN2O3S/c19-14-3-1-2-4-15(14)24-12-17(22)20-8-5-18(23)21-9-6-16-13(11-21)7-10-25-16/h1-4,7,10H,5-6,8-9,11-12H2,(H,20,22). The highest BCUT2D eigenvalue weighted by atomic mass is 35.5. The Hall–Kier alpha value is -2.05. The number of rotatable bonds is 6. The number of nitrogens with one attached hydrogen (secondary N) is 1. The molecule has 1 aliphatic rings. The van der Waals surface area contributed by atoms with Gasteiger partial charge in [-0.2, -0.15) is 0 Å². The number of halogens is 1. The third-order valence-electron chi connectivity index (χ3n) is 4.02. The molecular formula is C18H19ClN2O3S. The topological polar surface area (TPSA) is 58.6 Å². The summed E-state index contributed by atoms with van der Waals surface area (Å²) in [6, 6.07) is 9.06. The monoisotopic (exact) mass is 378 g/mol. The van der Waals surface area contributed by atoms with Gasteiger partial charge in [-0.3, -0.25) is 9.59 Å². The lowest BCUT2D eigenvalue weighted by atomic mass is 10.1. The number of para-hydroxylation sites is 1. The summed E-state index contributed by atoms with van der Waals surface area (Å²) in [4.78, 5) is 27.3. The SMILES string of the molecule is O=C(COc1ccccc1Cl)NCCC(=O)N1CCc2sccc2C1. The molecule has 0 saturated heterocycles. The number of amides is 2. The fraction of sp³-hybridized carbons (Fsp3) is 0.333. The molecule has 1 aromatic carbocycles. The van der Waals surface area contributed by atoms with Crippen LogP contribution in [0.1, 0.15) is 16.9 Å². The second kappa shape index (κ2) is 8.36. The van der Waals surface area contributed by atoms with Crippen LogP contribution in [0.25, 0.3) is 0 Å². The Kier molecular flexibility index (Phi) is 5.94. The lowest BCUT2D eigenvalue weighted by Crippen LogP contribution is -2.38. The van der Waals surface area contributed by atoms with Crippen LogP contribution in [-0.4, -0.2) is 36.4 Å². The molecule has 1 N–H and O–H groups in total. The van der Waals surface area contributed by atoms with Crippen LogP contribution >= 0.6 is 22.9 Å². The van der Waals surface area contributed by atoms with E-state index < -0.39 is 0 Å². The number of thiophene rings is 1. The molecule has 132 valence electrons. The van der Waals surface area contributed by atoms with E-state index >= 15 is 0 Å².